The minimum Gasteiger partial charge on any atom is -0.356 e. The molecule has 0 aromatic heterocycles. The van der Waals surface area contributed by atoms with Gasteiger partial charge in [0.2, 0.25) is 5.91 Å². The van der Waals surface area contributed by atoms with Crippen LogP contribution in [-0.4, -0.2) is 57.5 Å². The van der Waals surface area contributed by atoms with Gasteiger partial charge < -0.3 is 14.8 Å². The van der Waals surface area contributed by atoms with Crippen molar-refractivity contribution in [1.29, 1.82) is 0 Å². The molecule has 1 heterocycles. The fourth-order valence-corrected chi connectivity index (χ4v) is 2.12. The van der Waals surface area contributed by atoms with Crippen molar-refractivity contribution >= 4 is 5.91 Å². The number of carbonyl (C=O) groups excluding carboxylic acids is 1. The van der Waals surface area contributed by atoms with Crippen LogP contribution in [0, 0.1) is 5.92 Å². The molecule has 0 aromatic carbocycles. The SMILES string of the molecule is COC(CN1CCC(CNC(C)=O)CC1)OC. The summed E-state index contributed by atoms with van der Waals surface area (Å²) in [5.41, 5.74) is 0. The molecular formula is C12H24N2O3. The number of amides is 1. The Morgan fingerprint density at radius 2 is 1.94 bits per heavy atom. The van der Waals surface area contributed by atoms with Gasteiger partial charge in [-0.1, -0.05) is 0 Å². The summed E-state index contributed by atoms with van der Waals surface area (Å²) in [5.74, 6) is 0.671. The molecule has 0 unspecified atom stereocenters. The lowest BCUT2D eigenvalue weighted by Crippen LogP contribution is -2.42. The van der Waals surface area contributed by atoms with E-state index in [1.807, 2.05) is 0 Å². The number of nitrogens with one attached hydrogen (secondary N) is 1. The standard InChI is InChI=1S/C12H24N2O3/c1-10(15)13-8-11-4-6-14(7-5-11)9-12(16-2)17-3/h11-12H,4-9H2,1-3H3,(H,13,15). The maximum absolute atomic E-state index is 10.8. The first-order valence-corrected chi connectivity index (χ1v) is 6.18. The van der Waals surface area contributed by atoms with Crippen molar-refractivity contribution in [2.75, 3.05) is 40.4 Å². The lowest BCUT2D eigenvalue weighted by Gasteiger charge is -2.33. The quantitative estimate of drug-likeness (QED) is 0.689. The molecule has 0 radical (unpaired) electrons. The molecule has 100 valence electrons. The Morgan fingerprint density at radius 1 is 1.35 bits per heavy atom. The van der Waals surface area contributed by atoms with Gasteiger partial charge in [0.05, 0.1) is 0 Å². The highest BCUT2D eigenvalue weighted by molar-refractivity contribution is 5.72. The van der Waals surface area contributed by atoms with Gasteiger partial charge in [0, 0.05) is 34.2 Å². The van der Waals surface area contributed by atoms with E-state index in [1.165, 1.54) is 0 Å². The van der Waals surface area contributed by atoms with Gasteiger partial charge in [0.25, 0.3) is 0 Å². The number of hydrogen-bond donors (Lipinski definition) is 1. The molecule has 1 aliphatic heterocycles. The summed E-state index contributed by atoms with van der Waals surface area (Å²) in [4.78, 5) is 13.2. The number of likely N-dealkylation sites (tertiary alicyclic amines) is 1. The molecule has 1 aliphatic rings. The number of ether oxygens (including phenoxy) is 2. The monoisotopic (exact) mass is 244 g/mol. The number of rotatable bonds is 6. The molecule has 1 amide bonds. The molecule has 1 rings (SSSR count). The highest BCUT2D eigenvalue weighted by Gasteiger charge is 2.21. The predicted octanol–water partition coefficient (Wildman–Crippen LogP) is 0.453. The lowest BCUT2D eigenvalue weighted by molar-refractivity contribution is -0.120. The number of nitrogens with zero attached hydrogens (tertiary/aromatic N) is 1. The van der Waals surface area contributed by atoms with Crippen LogP contribution in [0.25, 0.3) is 0 Å². The fraction of sp³-hybridized carbons (Fsp3) is 0.917. The van der Waals surface area contributed by atoms with Gasteiger partial charge in [-0.05, 0) is 31.8 Å². The van der Waals surface area contributed by atoms with Crippen molar-refractivity contribution in [2.24, 2.45) is 5.92 Å². The Balaban J connectivity index is 2.19. The zero-order chi connectivity index (χ0) is 12.7. The van der Waals surface area contributed by atoms with E-state index in [9.17, 15) is 4.79 Å². The second-order valence-corrected chi connectivity index (χ2v) is 4.58. The third-order valence-corrected chi connectivity index (χ3v) is 3.28. The Bertz CT molecular complexity index is 224. The summed E-state index contributed by atoms with van der Waals surface area (Å²) in [6.45, 7) is 5.29. The molecule has 5 heteroatoms. The van der Waals surface area contributed by atoms with E-state index in [0.29, 0.717) is 5.92 Å². The number of methoxy groups -OCH3 is 2. The normalized spacial score (nSPS) is 18.6. The van der Waals surface area contributed by atoms with Crippen molar-refractivity contribution in [3.8, 4) is 0 Å². The molecule has 0 bridgehead atoms. The first-order valence-electron chi connectivity index (χ1n) is 6.18. The molecule has 0 aromatic rings. The Labute approximate surface area is 103 Å². The average Bonchev–Trinajstić information content (AvgIpc) is 2.34. The van der Waals surface area contributed by atoms with Gasteiger partial charge >= 0.3 is 0 Å². The van der Waals surface area contributed by atoms with Crippen LogP contribution in [-0.2, 0) is 14.3 Å². The van der Waals surface area contributed by atoms with Crippen LogP contribution in [0.15, 0.2) is 0 Å². The Kier molecular flexibility index (Phi) is 6.47. The van der Waals surface area contributed by atoms with Gasteiger partial charge in [-0.2, -0.15) is 0 Å². The van der Waals surface area contributed by atoms with Crippen LogP contribution in [0.1, 0.15) is 19.8 Å². The lowest BCUT2D eigenvalue weighted by atomic mass is 9.97. The molecular weight excluding hydrogens is 220 g/mol. The third-order valence-electron chi connectivity index (χ3n) is 3.28. The first-order chi connectivity index (χ1) is 8.15. The zero-order valence-electron chi connectivity index (χ0n) is 11.1. The smallest absolute Gasteiger partial charge is 0.216 e. The van der Waals surface area contributed by atoms with Crippen LogP contribution in [0.3, 0.4) is 0 Å². The van der Waals surface area contributed by atoms with Crippen molar-refractivity contribution < 1.29 is 14.3 Å². The molecule has 0 saturated carbocycles. The van der Waals surface area contributed by atoms with Gasteiger partial charge in [-0.3, -0.25) is 9.69 Å². The zero-order valence-corrected chi connectivity index (χ0v) is 11.1. The third kappa shape index (κ3) is 5.48. The average molecular weight is 244 g/mol. The summed E-state index contributed by atoms with van der Waals surface area (Å²) < 4.78 is 10.4. The summed E-state index contributed by atoms with van der Waals surface area (Å²) in [7, 11) is 3.33. The molecule has 1 saturated heterocycles. The summed E-state index contributed by atoms with van der Waals surface area (Å²) >= 11 is 0. The maximum Gasteiger partial charge on any atom is 0.216 e. The van der Waals surface area contributed by atoms with E-state index in [0.717, 1.165) is 39.0 Å². The van der Waals surface area contributed by atoms with E-state index in [-0.39, 0.29) is 12.2 Å². The molecule has 0 atom stereocenters. The second kappa shape index (κ2) is 7.63. The van der Waals surface area contributed by atoms with Crippen molar-refractivity contribution in [3.05, 3.63) is 0 Å². The molecule has 0 spiro atoms. The fourth-order valence-electron chi connectivity index (χ4n) is 2.12. The predicted molar refractivity (Wildman–Crippen MR) is 65.7 cm³/mol. The second-order valence-electron chi connectivity index (χ2n) is 4.58. The maximum atomic E-state index is 10.8. The van der Waals surface area contributed by atoms with E-state index in [2.05, 4.69) is 10.2 Å². The summed E-state index contributed by atoms with van der Waals surface area (Å²) in [6.07, 6.45) is 2.11. The van der Waals surface area contributed by atoms with Crippen molar-refractivity contribution in [1.82, 2.24) is 10.2 Å². The van der Waals surface area contributed by atoms with Gasteiger partial charge in [0.15, 0.2) is 6.29 Å². The van der Waals surface area contributed by atoms with Gasteiger partial charge in [-0.15, -0.1) is 0 Å². The molecule has 5 nitrogen and oxygen atoms in total. The van der Waals surface area contributed by atoms with E-state index < -0.39 is 0 Å². The van der Waals surface area contributed by atoms with Gasteiger partial charge in [-0.25, -0.2) is 0 Å². The minimum absolute atomic E-state index is 0.0614. The van der Waals surface area contributed by atoms with Crippen LogP contribution in [0.4, 0.5) is 0 Å². The van der Waals surface area contributed by atoms with Gasteiger partial charge in [0.1, 0.15) is 0 Å². The first kappa shape index (κ1) is 14.4. The molecule has 0 aliphatic carbocycles. The van der Waals surface area contributed by atoms with Crippen molar-refractivity contribution in [3.63, 3.8) is 0 Å². The van der Waals surface area contributed by atoms with Crippen LogP contribution < -0.4 is 5.32 Å². The van der Waals surface area contributed by atoms with Crippen molar-refractivity contribution in [2.45, 2.75) is 26.1 Å². The molecule has 1 fully saturated rings. The number of hydrogen-bond acceptors (Lipinski definition) is 4. The minimum atomic E-state index is -0.137. The highest BCUT2D eigenvalue weighted by atomic mass is 16.7. The topological polar surface area (TPSA) is 50.8 Å². The Hall–Kier alpha value is -0.650. The highest BCUT2D eigenvalue weighted by Crippen LogP contribution is 2.16. The molecule has 17 heavy (non-hydrogen) atoms. The number of piperidine rings is 1. The van der Waals surface area contributed by atoms with E-state index in [1.54, 1.807) is 21.1 Å². The van der Waals surface area contributed by atoms with E-state index in [4.69, 9.17) is 9.47 Å². The van der Waals surface area contributed by atoms with E-state index >= 15 is 0 Å². The van der Waals surface area contributed by atoms with Crippen LogP contribution >= 0.6 is 0 Å². The molecule has 1 N–H and O–H groups in total. The number of carbonyl (C=O) groups is 1. The largest absolute Gasteiger partial charge is 0.356 e. The van der Waals surface area contributed by atoms with Crippen LogP contribution in [0.2, 0.25) is 0 Å². The summed E-state index contributed by atoms with van der Waals surface area (Å²) in [6, 6.07) is 0. The van der Waals surface area contributed by atoms with Crippen LogP contribution in [0.5, 0.6) is 0 Å². The summed E-state index contributed by atoms with van der Waals surface area (Å²) in [5, 5.41) is 2.89. The Morgan fingerprint density at radius 3 is 2.41 bits per heavy atom.